The van der Waals surface area contributed by atoms with Gasteiger partial charge in [0.1, 0.15) is 18.2 Å². The first-order valence-corrected chi connectivity index (χ1v) is 8.13. The van der Waals surface area contributed by atoms with Crippen LogP contribution in [-0.4, -0.2) is 19.9 Å². The number of halogens is 1. The molecule has 118 valence electrons. The van der Waals surface area contributed by atoms with E-state index in [1.165, 1.54) is 5.56 Å². The molecule has 0 fully saturated rings. The number of benzene rings is 1. The van der Waals surface area contributed by atoms with Gasteiger partial charge in [-0.1, -0.05) is 28.1 Å². The van der Waals surface area contributed by atoms with Crippen LogP contribution >= 0.6 is 15.9 Å². The van der Waals surface area contributed by atoms with Crippen molar-refractivity contribution in [1.82, 2.24) is 14.4 Å². The van der Waals surface area contributed by atoms with Crippen LogP contribution in [0, 0.1) is 18.3 Å². The highest BCUT2D eigenvalue weighted by molar-refractivity contribution is 9.10. The number of anilines is 1. The number of aryl methyl sites for hydroxylation is 1. The summed E-state index contributed by atoms with van der Waals surface area (Å²) in [7, 11) is 0. The Bertz CT molecular complexity index is 921. The summed E-state index contributed by atoms with van der Waals surface area (Å²) >= 11 is 3.64. The summed E-state index contributed by atoms with van der Waals surface area (Å²) in [5, 5.41) is 12.8. The van der Waals surface area contributed by atoms with E-state index in [2.05, 4.69) is 83.2 Å². The average Bonchev–Trinajstić information content (AvgIpc) is 2.98. The molecule has 23 heavy (non-hydrogen) atoms. The lowest BCUT2D eigenvalue weighted by Gasteiger charge is -2.22. The molecule has 0 saturated carbocycles. The first-order chi connectivity index (χ1) is 10.8. The number of aromatic amines is 1. The monoisotopic (exact) mass is 371 g/mol. The smallest absolute Gasteiger partial charge is 0.183 e. The van der Waals surface area contributed by atoms with E-state index < -0.39 is 0 Å². The van der Waals surface area contributed by atoms with Crippen LogP contribution < -0.4 is 5.32 Å². The van der Waals surface area contributed by atoms with Gasteiger partial charge in [0.2, 0.25) is 0 Å². The summed E-state index contributed by atoms with van der Waals surface area (Å²) in [6, 6.07) is 8.34. The summed E-state index contributed by atoms with van der Waals surface area (Å²) in [6.45, 7) is 8.35. The summed E-state index contributed by atoms with van der Waals surface area (Å²) in [6.07, 6.45) is 1.67. The standard InChI is InChI=1S/C17H18BrN5/c1-10-5-6-11(12(18)7-10)14-16(22-17(2,3)4)23-9-20-13(8-19)15(23)21-14/h5-7,9,21-22H,1-4H3. The maximum absolute atomic E-state index is 9.24. The molecular formula is C17H18BrN5. The number of nitriles is 1. The van der Waals surface area contributed by atoms with Crippen molar-refractivity contribution < 1.29 is 0 Å². The second-order valence-corrected chi connectivity index (χ2v) is 7.48. The summed E-state index contributed by atoms with van der Waals surface area (Å²) in [4.78, 5) is 7.50. The van der Waals surface area contributed by atoms with Gasteiger partial charge >= 0.3 is 0 Å². The van der Waals surface area contributed by atoms with Crippen molar-refractivity contribution in [3.63, 3.8) is 0 Å². The minimum Gasteiger partial charge on any atom is -0.365 e. The Labute approximate surface area is 143 Å². The van der Waals surface area contributed by atoms with E-state index in [0.717, 1.165) is 21.5 Å². The van der Waals surface area contributed by atoms with Crippen molar-refractivity contribution in [3.05, 3.63) is 40.3 Å². The lowest BCUT2D eigenvalue weighted by atomic mass is 10.1. The minimum absolute atomic E-state index is 0.127. The van der Waals surface area contributed by atoms with Crippen LogP contribution in [0.4, 0.5) is 5.82 Å². The Balaban J connectivity index is 2.28. The lowest BCUT2D eigenvalue weighted by molar-refractivity contribution is 0.629. The molecule has 2 heterocycles. The van der Waals surface area contributed by atoms with Crippen molar-refractivity contribution in [2.75, 3.05) is 5.32 Å². The van der Waals surface area contributed by atoms with E-state index in [1.54, 1.807) is 6.33 Å². The quantitative estimate of drug-likeness (QED) is 0.697. The summed E-state index contributed by atoms with van der Waals surface area (Å²) < 4.78 is 2.90. The van der Waals surface area contributed by atoms with Gasteiger partial charge in [-0.05, 0) is 39.3 Å². The van der Waals surface area contributed by atoms with Gasteiger partial charge < -0.3 is 10.3 Å². The molecule has 3 rings (SSSR count). The largest absolute Gasteiger partial charge is 0.365 e. The molecular weight excluding hydrogens is 354 g/mol. The molecule has 6 heteroatoms. The fraction of sp³-hybridized carbons (Fsp3) is 0.294. The fourth-order valence-electron chi connectivity index (χ4n) is 2.51. The molecule has 0 aliphatic carbocycles. The van der Waals surface area contributed by atoms with E-state index in [1.807, 2.05) is 4.40 Å². The van der Waals surface area contributed by atoms with E-state index >= 15 is 0 Å². The highest BCUT2D eigenvalue weighted by Gasteiger charge is 2.21. The number of aromatic nitrogens is 3. The lowest BCUT2D eigenvalue weighted by Crippen LogP contribution is -2.27. The Hall–Kier alpha value is -2.26. The number of hydrogen-bond donors (Lipinski definition) is 2. The number of hydrogen-bond acceptors (Lipinski definition) is 3. The maximum Gasteiger partial charge on any atom is 0.183 e. The molecule has 0 unspecified atom stereocenters. The number of imidazole rings is 2. The third-order valence-electron chi connectivity index (χ3n) is 3.48. The number of nitrogens with zero attached hydrogens (tertiary/aromatic N) is 3. The van der Waals surface area contributed by atoms with Gasteiger partial charge in [0.25, 0.3) is 0 Å². The van der Waals surface area contributed by atoms with Gasteiger partial charge in [-0.15, -0.1) is 0 Å². The number of H-pyrrole nitrogens is 1. The van der Waals surface area contributed by atoms with Crippen LogP contribution in [0.15, 0.2) is 29.0 Å². The predicted octanol–water partition coefficient (Wildman–Crippen LogP) is 4.48. The predicted molar refractivity (Wildman–Crippen MR) is 95.5 cm³/mol. The Kier molecular flexibility index (Phi) is 3.69. The van der Waals surface area contributed by atoms with Gasteiger partial charge in [-0.2, -0.15) is 5.26 Å². The maximum atomic E-state index is 9.24. The molecule has 0 bridgehead atoms. The number of rotatable bonds is 2. The molecule has 0 amide bonds. The molecule has 1 aromatic carbocycles. The van der Waals surface area contributed by atoms with E-state index in [0.29, 0.717) is 11.3 Å². The Morgan fingerprint density at radius 2 is 2.09 bits per heavy atom. The minimum atomic E-state index is -0.127. The third kappa shape index (κ3) is 2.84. The van der Waals surface area contributed by atoms with Crippen molar-refractivity contribution in [2.24, 2.45) is 0 Å². The van der Waals surface area contributed by atoms with Gasteiger partial charge in [0.15, 0.2) is 11.3 Å². The second kappa shape index (κ2) is 5.43. The van der Waals surface area contributed by atoms with Crippen LogP contribution in [0.2, 0.25) is 0 Å². The van der Waals surface area contributed by atoms with Crippen molar-refractivity contribution in [2.45, 2.75) is 33.2 Å². The molecule has 3 aromatic rings. The molecule has 2 aromatic heterocycles. The molecule has 0 aliphatic rings. The first kappa shape index (κ1) is 15.6. The van der Waals surface area contributed by atoms with Gasteiger partial charge in [0.05, 0.1) is 5.69 Å². The van der Waals surface area contributed by atoms with Crippen LogP contribution in [-0.2, 0) is 0 Å². The summed E-state index contributed by atoms with van der Waals surface area (Å²) in [5.41, 5.74) is 4.11. The zero-order valence-electron chi connectivity index (χ0n) is 13.5. The SMILES string of the molecule is Cc1ccc(-c2[nH]c3c(C#N)ncn3c2NC(C)(C)C)c(Br)c1. The van der Waals surface area contributed by atoms with Crippen LogP contribution in [0.25, 0.3) is 16.9 Å². The topological polar surface area (TPSA) is 68.9 Å². The zero-order valence-corrected chi connectivity index (χ0v) is 15.1. The molecule has 0 aliphatic heterocycles. The van der Waals surface area contributed by atoms with Gasteiger partial charge in [-0.3, -0.25) is 4.40 Å². The van der Waals surface area contributed by atoms with Gasteiger partial charge in [-0.25, -0.2) is 4.98 Å². The molecule has 0 atom stereocenters. The fourth-order valence-corrected chi connectivity index (χ4v) is 3.20. The molecule has 0 radical (unpaired) electrons. The van der Waals surface area contributed by atoms with Crippen LogP contribution in [0.1, 0.15) is 32.0 Å². The Morgan fingerprint density at radius 3 is 2.70 bits per heavy atom. The van der Waals surface area contributed by atoms with Crippen molar-refractivity contribution in [3.8, 4) is 17.3 Å². The average molecular weight is 372 g/mol. The Morgan fingerprint density at radius 1 is 1.35 bits per heavy atom. The third-order valence-corrected chi connectivity index (χ3v) is 4.14. The summed E-state index contributed by atoms with van der Waals surface area (Å²) in [5.74, 6) is 0.894. The highest BCUT2D eigenvalue weighted by atomic mass is 79.9. The molecule has 0 saturated heterocycles. The highest BCUT2D eigenvalue weighted by Crippen LogP contribution is 2.36. The van der Waals surface area contributed by atoms with E-state index in [4.69, 9.17) is 0 Å². The van der Waals surface area contributed by atoms with E-state index in [9.17, 15) is 5.26 Å². The van der Waals surface area contributed by atoms with Gasteiger partial charge in [0, 0.05) is 15.6 Å². The van der Waals surface area contributed by atoms with Crippen LogP contribution in [0.5, 0.6) is 0 Å². The molecule has 2 N–H and O–H groups in total. The second-order valence-electron chi connectivity index (χ2n) is 6.63. The molecule has 5 nitrogen and oxygen atoms in total. The normalized spacial score (nSPS) is 11.7. The van der Waals surface area contributed by atoms with Crippen molar-refractivity contribution in [1.29, 1.82) is 5.26 Å². The van der Waals surface area contributed by atoms with Crippen LogP contribution in [0.3, 0.4) is 0 Å². The van der Waals surface area contributed by atoms with Crippen molar-refractivity contribution >= 4 is 27.4 Å². The molecule has 0 spiro atoms. The number of fused-ring (bicyclic) bond motifs is 1. The first-order valence-electron chi connectivity index (χ1n) is 7.34. The number of nitrogens with one attached hydrogen (secondary N) is 2. The van der Waals surface area contributed by atoms with E-state index in [-0.39, 0.29) is 5.54 Å². The zero-order chi connectivity index (χ0) is 16.8.